The molecule has 0 fully saturated rings. The van der Waals surface area contributed by atoms with Crippen LogP contribution in [0.15, 0.2) is 36.4 Å². The fourth-order valence-corrected chi connectivity index (χ4v) is 2.98. The number of Topliss-reactive ketones (excluding diaryl/α,β-unsaturated/α-hetero) is 1. The lowest BCUT2D eigenvalue weighted by Crippen LogP contribution is -2.31. The zero-order valence-corrected chi connectivity index (χ0v) is 14.7. The molecule has 1 unspecified atom stereocenters. The van der Waals surface area contributed by atoms with Crippen molar-refractivity contribution >= 4 is 40.6 Å². The van der Waals surface area contributed by atoms with Crippen LogP contribution in [0.1, 0.15) is 44.8 Å². The molecule has 1 amide bonds. The number of carbonyl (C=O) groups excluding carboxylic acids is 3. The fourth-order valence-electron chi connectivity index (χ4n) is 1.98. The minimum atomic E-state index is -0.627. The number of ketones is 1. The summed E-state index contributed by atoms with van der Waals surface area (Å²) < 4.78 is 4.97. The lowest BCUT2D eigenvalue weighted by molar-refractivity contribution is -0.124. The van der Waals surface area contributed by atoms with Gasteiger partial charge in [0.25, 0.3) is 5.91 Å². The maximum Gasteiger partial charge on any atom is 0.348 e. The van der Waals surface area contributed by atoms with Gasteiger partial charge in [0, 0.05) is 5.02 Å². The summed E-state index contributed by atoms with van der Waals surface area (Å²) in [4.78, 5) is 35.7. The Kier molecular flexibility index (Phi) is 6.11. The van der Waals surface area contributed by atoms with E-state index in [9.17, 15) is 14.4 Å². The number of hydrogen-bond donors (Lipinski definition) is 1. The highest BCUT2D eigenvalue weighted by atomic mass is 35.5. The summed E-state index contributed by atoms with van der Waals surface area (Å²) in [6, 6.07) is 9.95. The zero-order chi connectivity index (χ0) is 17.7. The molecule has 0 aliphatic rings. The first-order valence-corrected chi connectivity index (χ1v) is 8.39. The maximum atomic E-state index is 11.9. The van der Waals surface area contributed by atoms with Crippen LogP contribution in [0.5, 0.6) is 0 Å². The molecule has 0 aliphatic heterocycles. The molecule has 0 radical (unpaired) electrons. The van der Waals surface area contributed by atoms with E-state index in [1.807, 2.05) is 13.0 Å². The van der Waals surface area contributed by atoms with Crippen LogP contribution in [0.3, 0.4) is 0 Å². The molecule has 2 rings (SSSR count). The van der Waals surface area contributed by atoms with Crippen LogP contribution in [0, 0.1) is 0 Å². The lowest BCUT2D eigenvalue weighted by atomic mass is 10.1. The normalized spacial score (nSPS) is 11.6. The van der Waals surface area contributed by atoms with Gasteiger partial charge in [-0.1, -0.05) is 23.7 Å². The number of rotatable bonds is 6. The topological polar surface area (TPSA) is 72.5 Å². The van der Waals surface area contributed by atoms with Crippen molar-refractivity contribution in [2.45, 2.75) is 19.9 Å². The quantitative estimate of drug-likeness (QED) is 0.626. The summed E-state index contributed by atoms with van der Waals surface area (Å²) in [6.07, 6.45) is 0. The number of ether oxygens (including phenoxy) is 1. The van der Waals surface area contributed by atoms with Crippen molar-refractivity contribution in [3.05, 3.63) is 56.7 Å². The van der Waals surface area contributed by atoms with E-state index in [1.54, 1.807) is 24.3 Å². The van der Waals surface area contributed by atoms with E-state index >= 15 is 0 Å². The molecule has 24 heavy (non-hydrogen) atoms. The summed E-state index contributed by atoms with van der Waals surface area (Å²) in [5, 5.41) is 3.31. The number of benzene rings is 1. The molecular formula is C17H16ClNO4S. The van der Waals surface area contributed by atoms with E-state index in [4.69, 9.17) is 16.3 Å². The number of amides is 1. The number of esters is 1. The summed E-state index contributed by atoms with van der Waals surface area (Å²) >= 11 is 6.96. The third-order valence-corrected chi connectivity index (χ3v) is 4.62. The van der Waals surface area contributed by atoms with Gasteiger partial charge in [-0.2, -0.15) is 0 Å². The van der Waals surface area contributed by atoms with E-state index in [2.05, 4.69) is 5.32 Å². The van der Waals surface area contributed by atoms with Gasteiger partial charge in [0.1, 0.15) is 4.88 Å². The molecule has 0 saturated heterocycles. The van der Waals surface area contributed by atoms with Gasteiger partial charge in [-0.05, 0) is 43.7 Å². The standard InChI is InChI=1S/C17H16ClNO4S/c1-10(12-4-3-5-13(18)8-12)19-16(21)9-23-17(22)15-7-6-14(24-15)11(2)20/h3-8,10H,9H2,1-2H3,(H,19,21). The Bertz CT molecular complexity index is 771. The van der Waals surface area contributed by atoms with Crippen LogP contribution in [-0.2, 0) is 9.53 Å². The number of carbonyl (C=O) groups is 3. The number of halogens is 1. The van der Waals surface area contributed by atoms with Crippen LogP contribution >= 0.6 is 22.9 Å². The van der Waals surface area contributed by atoms with Gasteiger partial charge in [0.05, 0.1) is 10.9 Å². The van der Waals surface area contributed by atoms with Gasteiger partial charge in [-0.15, -0.1) is 11.3 Å². The Labute approximate surface area is 148 Å². The van der Waals surface area contributed by atoms with Crippen molar-refractivity contribution in [3.8, 4) is 0 Å². The Hall–Kier alpha value is -2.18. The highest BCUT2D eigenvalue weighted by Gasteiger charge is 2.15. The van der Waals surface area contributed by atoms with E-state index < -0.39 is 18.5 Å². The summed E-state index contributed by atoms with van der Waals surface area (Å²) in [5.41, 5.74) is 0.853. The van der Waals surface area contributed by atoms with E-state index in [0.29, 0.717) is 9.90 Å². The molecule has 1 heterocycles. The van der Waals surface area contributed by atoms with Crippen molar-refractivity contribution < 1.29 is 19.1 Å². The Morgan fingerprint density at radius 3 is 2.54 bits per heavy atom. The van der Waals surface area contributed by atoms with Gasteiger partial charge in [-0.3, -0.25) is 9.59 Å². The van der Waals surface area contributed by atoms with E-state index in [1.165, 1.54) is 13.0 Å². The molecule has 5 nitrogen and oxygen atoms in total. The average molecular weight is 366 g/mol. The molecule has 1 aromatic heterocycles. The van der Waals surface area contributed by atoms with Gasteiger partial charge >= 0.3 is 5.97 Å². The molecule has 1 atom stereocenters. The van der Waals surface area contributed by atoms with Crippen molar-refractivity contribution in [1.82, 2.24) is 5.32 Å². The molecule has 7 heteroatoms. The van der Waals surface area contributed by atoms with Crippen molar-refractivity contribution in [1.29, 1.82) is 0 Å². The second-order valence-electron chi connectivity index (χ2n) is 5.14. The Balaban J connectivity index is 1.86. The molecular weight excluding hydrogens is 350 g/mol. The lowest BCUT2D eigenvalue weighted by Gasteiger charge is -2.14. The maximum absolute atomic E-state index is 11.9. The first-order chi connectivity index (χ1) is 11.4. The smallest absolute Gasteiger partial charge is 0.348 e. The molecule has 0 spiro atoms. The molecule has 0 saturated carbocycles. The molecule has 1 N–H and O–H groups in total. The van der Waals surface area contributed by atoms with Gasteiger partial charge in [0.2, 0.25) is 0 Å². The number of thiophene rings is 1. The van der Waals surface area contributed by atoms with Gasteiger partial charge < -0.3 is 10.1 Å². The molecule has 1 aromatic carbocycles. The number of nitrogens with one attached hydrogen (secondary N) is 1. The predicted molar refractivity (Wildman–Crippen MR) is 92.6 cm³/mol. The minimum absolute atomic E-state index is 0.118. The minimum Gasteiger partial charge on any atom is -0.451 e. The van der Waals surface area contributed by atoms with Gasteiger partial charge in [0.15, 0.2) is 12.4 Å². The van der Waals surface area contributed by atoms with Crippen molar-refractivity contribution in [2.24, 2.45) is 0 Å². The summed E-state index contributed by atoms with van der Waals surface area (Å²) in [6.45, 7) is 2.84. The van der Waals surface area contributed by atoms with Crippen LogP contribution in [0.25, 0.3) is 0 Å². The third kappa shape index (κ3) is 4.91. The van der Waals surface area contributed by atoms with Crippen molar-refractivity contribution in [3.63, 3.8) is 0 Å². The van der Waals surface area contributed by atoms with Gasteiger partial charge in [-0.25, -0.2) is 4.79 Å². The second kappa shape index (κ2) is 8.08. The highest BCUT2D eigenvalue weighted by Crippen LogP contribution is 2.19. The van der Waals surface area contributed by atoms with Crippen LogP contribution in [-0.4, -0.2) is 24.3 Å². The first-order valence-electron chi connectivity index (χ1n) is 7.19. The number of hydrogen-bond acceptors (Lipinski definition) is 5. The molecule has 126 valence electrons. The summed E-state index contributed by atoms with van der Waals surface area (Å²) in [5.74, 6) is -1.16. The van der Waals surface area contributed by atoms with Crippen LogP contribution in [0.4, 0.5) is 0 Å². The fraction of sp³-hybridized carbons (Fsp3) is 0.235. The molecule has 0 aliphatic carbocycles. The van der Waals surface area contributed by atoms with E-state index in [-0.39, 0.29) is 16.7 Å². The largest absolute Gasteiger partial charge is 0.451 e. The SMILES string of the molecule is CC(=O)c1ccc(C(=O)OCC(=O)NC(C)c2cccc(Cl)c2)s1. The Morgan fingerprint density at radius 2 is 1.92 bits per heavy atom. The first kappa shape index (κ1) is 18.2. The monoisotopic (exact) mass is 365 g/mol. The van der Waals surface area contributed by atoms with Crippen LogP contribution < -0.4 is 5.32 Å². The molecule has 2 aromatic rings. The zero-order valence-electron chi connectivity index (χ0n) is 13.2. The van der Waals surface area contributed by atoms with E-state index in [0.717, 1.165) is 16.9 Å². The van der Waals surface area contributed by atoms with Crippen LogP contribution in [0.2, 0.25) is 5.02 Å². The average Bonchev–Trinajstić information content (AvgIpc) is 3.03. The highest BCUT2D eigenvalue weighted by molar-refractivity contribution is 7.15. The predicted octanol–water partition coefficient (Wildman–Crippen LogP) is 3.64. The Morgan fingerprint density at radius 1 is 1.21 bits per heavy atom. The molecule has 0 bridgehead atoms. The van der Waals surface area contributed by atoms with Crippen molar-refractivity contribution in [2.75, 3.05) is 6.61 Å². The summed E-state index contributed by atoms with van der Waals surface area (Å²) in [7, 11) is 0. The third-order valence-electron chi connectivity index (χ3n) is 3.21. The second-order valence-corrected chi connectivity index (χ2v) is 6.66.